The Morgan fingerprint density at radius 1 is 1.14 bits per heavy atom. The van der Waals surface area contributed by atoms with E-state index in [0.717, 1.165) is 25.3 Å². The average Bonchev–Trinajstić information content (AvgIpc) is 2.44. The number of alkyl halides is 1. The molecule has 2 atom stereocenters. The van der Waals surface area contributed by atoms with E-state index in [0.29, 0.717) is 6.42 Å². The van der Waals surface area contributed by atoms with E-state index in [1.54, 1.807) is 6.92 Å². The summed E-state index contributed by atoms with van der Waals surface area (Å²) in [6.45, 7) is 3.92. The highest BCUT2D eigenvalue weighted by Gasteiger charge is 2.36. The van der Waals surface area contributed by atoms with Gasteiger partial charge in [0.15, 0.2) is 0 Å². The molecule has 3 nitrogen and oxygen atoms in total. The van der Waals surface area contributed by atoms with Crippen molar-refractivity contribution in [3.05, 3.63) is 23.1 Å². The predicted molar refractivity (Wildman–Crippen MR) is 89.0 cm³/mol. The van der Waals surface area contributed by atoms with Gasteiger partial charge in [0.25, 0.3) is 10.1 Å². The van der Waals surface area contributed by atoms with Crippen LogP contribution in [0.1, 0.15) is 71.6 Å². The Morgan fingerprint density at radius 2 is 1.68 bits per heavy atom. The number of hydrogen-bond acceptors (Lipinski definition) is 2. The zero-order chi connectivity index (χ0) is 16.6. The van der Waals surface area contributed by atoms with Crippen LogP contribution in [0.15, 0.2) is 23.1 Å². The third-order valence-electron chi connectivity index (χ3n) is 4.40. The molecule has 0 radical (unpaired) electrons. The van der Waals surface area contributed by atoms with Gasteiger partial charge in [0.05, 0.1) is 4.91 Å². The molecule has 1 N–H and O–H groups in total. The zero-order valence-corrected chi connectivity index (χ0v) is 14.5. The minimum Gasteiger partial charge on any atom is -0.282 e. The second-order valence-electron chi connectivity index (χ2n) is 6.32. The zero-order valence-electron chi connectivity index (χ0n) is 13.7. The lowest BCUT2D eigenvalue weighted by Gasteiger charge is -2.30. The van der Waals surface area contributed by atoms with E-state index in [1.165, 1.54) is 44.3 Å². The molecule has 0 spiro atoms. The van der Waals surface area contributed by atoms with E-state index in [1.807, 2.05) is 0 Å². The van der Waals surface area contributed by atoms with Crippen molar-refractivity contribution in [1.82, 2.24) is 0 Å². The molecule has 0 fully saturated rings. The number of halogens is 1. The third kappa shape index (κ3) is 6.21. The van der Waals surface area contributed by atoms with E-state index in [2.05, 4.69) is 6.92 Å². The first kappa shape index (κ1) is 19.4. The number of rotatable bonds is 10. The molecule has 0 heterocycles. The van der Waals surface area contributed by atoms with Crippen LogP contribution in [-0.4, -0.2) is 18.6 Å². The first-order chi connectivity index (χ1) is 10.3. The average molecular weight is 332 g/mol. The summed E-state index contributed by atoms with van der Waals surface area (Å²) in [5.41, 5.74) is -1.68. The fraction of sp³-hybridized carbons (Fsp3) is 0.765. The molecule has 1 unspecified atom stereocenters. The molecule has 1 rings (SSSR count). The highest BCUT2D eigenvalue weighted by atomic mass is 32.2. The van der Waals surface area contributed by atoms with E-state index in [9.17, 15) is 12.8 Å². The minimum atomic E-state index is -4.33. The second kappa shape index (κ2) is 8.82. The van der Waals surface area contributed by atoms with Crippen molar-refractivity contribution in [3.63, 3.8) is 0 Å². The van der Waals surface area contributed by atoms with Crippen molar-refractivity contribution in [2.45, 2.75) is 77.3 Å². The molecule has 0 amide bonds. The Hall–Kier alpha value is -0.680. The molecule has 0 bridgehead atoms. The second-order valence-corrected chi connectivity index (χ2v) is 7.74. The summed E-state index contributed by atoms with van der Waals surface area (Å²) in [7, 11) is -4.33. The Labute approximate surface area is 134 Å². The summed E-state index contributed by atoms with van der Waals surface area (Å²) in [5, 5.41) is 0. The molecular formula is C17H29FO3S. The van der Waals surface area contributed by atoms with E-state index in [-0.39, 0.29) is 10.8 Å². The van der Waals surface area contributed by atoms with Gasteiger partial charge < -0.3 is 0 Å². The van der Waals surface area contributed by atoms with Crippen LogP contribution in [0.2, 0.25) is 0 Å². The molecular weight excluding hydrogens is 303 g/mol. The summed E-state index contributed by atoms with van der Waals surface area (Å²) in [6.07, 6.45) is 13.2. The number of hydrogen-bond donors (Lipinski definition) is 1. The maximum atomic E-state index is 14.9. The molecule has 0 aromatic heterocycles. The lowest BCUT2D eigenvalue weighted by molar-refractivity contribution is 0.155. The van der Waals surface area contributed by atoms with Gasteiger partial charge in [-0.2, -0.15) is 8.42 Å². The molecule has 128 valence electrons. The van der Waals surface area contributed by atoms with Crippen molar-refractivity contribution in [3.8, 4) is 0 Å². The monoisotopic (exact) mass is 332 g/mol. The topological polar surface area (TPSA) is 54.4 Å². The van der Waals surface area contributed by atoms with Gasteiger partial charge in [-0.25, -0.2) is 4.39 Å². The van der Waals surface area contributed by atoms with Crippen molar-refractivity contribution < 1.29 is 17.4 Å². The van der Waals surface area contributed by atoms with Crippen LogP contribution in [-0.2, 0) is 10.1 Å². The summed E-state index contributed by atoms with van der Waals surface area (Å²) in [4.78, 5) is -0.326. The molecule has 5 heteroatoms. The molecule has 22 heavy (non-hydrogen) atoms. The van der Waals surface area contributed by atoms with Gasteiger partial charge in [0.2, 0.25) is 0 Å². The minimum absolute atomic E-state index is 0.298. The molecule has 0 saturated heterocycles. The van der Waals surface area contributed by atoms with Crippen LogP contribution in [0.4, 0.5) is 4.39 Å². The quantitative estimate of drug-likeness (QED) is 0.442. The van der Waals surface area contributed by atoms with Crippen LogP contribution in [0.25, 0.3) is 0 Å². The first-order valence-corrected chi connectivity index (χ1v) is 9.81. The maximum Gasteiger partial charge on any atom is 0.294 e. The fourth-order valence-electron chi connectivity index (χ4n) is 2.81. The van der Waals surface area contributed by atoms with E-state index < -0.39 is 15.8 Å². The van der Waals surface area contributed by atoms with Gasteiger partial charge in [0.1, 0.15) is 5.67 Å². The molecule has 0 aromatic rings. The van der Waals surface area contributed by atoms with Crippen LogP contribution in [0, 0.1) is 5.92 Å². The van der Waals surface area contributed by atoms with Crippen molar-refractivity contribution in [2.75, 3.05) is 0 Å². The van der Waals surface area contributed by atoms with Gasteiger partial charge in [-0.1, -0.05) is 64.9 Å². The molecule has 0 aliphatic heterocycles. The highest BCUT2D eigenvalue weighted by molar-refractivity contribution is 7.90. The Morgan fingerprint density at radius 3 is 2.23 bits per heavy atom. The SMILES string of the molecule is CCCCCCCCCCC1(F)C=C(S(=O)(=O)O)C=C[C@@H]1C. The van der Waals surface area contributed by atoms with E-state index in [4.69, 9.17) is 4.55 Å². The largest absolute Gasteiger partial charge is 0.294 e. The lowest BCUT2D eigenvalue weighted by Crippen LogP contribution is -2.31. The summed E-state index contributed by atoms with van der Waals surface area (Å²) in [5.74, 6) is -0.373. The summed E-state index contributed by atoms with van der Waals surface area (Å²) < 4.78 is 46.3. The van der Waals surface area contributed by atoms with Gasteiger partial charge >= 0.3 is 0 Å². The van der Waals surface area contributed by atoms with Crippen LogP contribution < -0.4 is 0 Å². The Kier molecular flexibility index (Phi) is 7.77. The normalized spacial score (nSPS) is 25.3. The van der Waals surface area contributed by atoms with E-state index >= 15 is 0 Å². The molecule has 1 aliphatic rings. The highest BCUT2D eigenvalue weighted by Crippen LogP contribution is 2.36. The van der Waals surface area contributed by atoms with Gasteiger partial charge in [-0.15, -0.1) is 0 Å². The van der Waals surface area contributed by atoms with Gasteiger partial charge in [-0.3, -0.25) is 4.55 Å². The van der Waals surface area contributed by atoms with Gasteiger partial charge in [0, 0.05) is 5.92 Å². The molecule has 0 aromatic carbocycles. The van der Waals surface area contributed by atoms with Crippen molar-refractivity contribution in [2.24, 2.45) is 5.92 Å². The Bertz CT molecular complexity index is 496. The fourth-order valence-corrected chi connectivity index (χ4v) is 3.40. The smallest absolute Gasteiger partial charge is 0.282 e. The lowest BCUT2D eigenvalue weighted by atomic mass is 9.82. The van der Waals surface area contributed by atoms with Crippen LogP contribution in [0.3, 0.4) is 0 Å². The summed E-state index contributed by atoms with van der Waals surface area (Å²) >= 11 is 0. The van der Waals surface area contributed by atoms with Crippen molar-refractivity contribution >= 4 is 10.1 Å². The van der Waals surface area contributed by atoms with Crippen molar-refractivity contribution in [1.29, 1.82) is 0 Å². The first-order valence-electron chi connectivity index (χ1n) is 8.37. The number of unbranched alkanes of at least 4 members (excludes halogenated alkanes) is 7. The standard InChI is InChI=1S/C17H29FO3S/c1-3-4-5-6-7-8-9-10-13-17(18)14-16(22(19,20)21)12-11-15(17)2/h11-12,14-15H,3-10,13H2,1-2H3,(H,19,20,21)/t15-,17?/m0/s1. The number of allylic oxidation sites excluding steroid dienone is 3. The summed E-state index contributed by atoms with van der Waals surface area (Å²) in [6, 6.07) is 0. The molecule has 0 saturated carbocycles. The third-order valence-corrected chi connectivity index (χ3v) is 5.25. The maximum absolute atomic E-state index is 14.9. The van der Waals surface area contributed by atoms with Crippen LogP contribution >= 0.6 is 0 Å². The molecule has 1 aliphatic carbocycles. The predicted octanol–water partition coefficient (Wildman–Crippen LogP) is 5.20. The van der Waals surface area contributed by atoms with Gasteiger partial charge in [-0.05, 0) is 25.0 Å². The van der Waals surface area contributed by atoms with Crippen LogP contribution in [0.5, 0.6) is 0 Å². The Balaban J connectivity index is 2.40.